The number of carboxylic acid groups (broad SMARTS) is 2. The van der Waals surface area contributed by atoms with Crippen molar-refractivity contribution in [3.8, 4) is 0 Å². The molecule has 0 atom stereocenters. The smallest absolute Gasteiger partial charge is 0.335 e. The summed E-state index contributed by atoms with van der Waals surface area (Å²) in [7, 11) is 0. The van der Waals surface area contributed by atoms with E-state index in [9.17, 15) is 9.59 Å². The molecule has 0 saturated heterocycles. The number of carboxylic acids is 2. The highest BCUT2D eigenvalue weighted by atomic mass is 16.4. The van der Waals surface area contributed by atoms with Crippen LogP contribution in [-0.2, 0) is 6.61 Å². The first-order valence-electron chi connectivity index (χ1n) is 6.17. The van der Waals surface area contributed by atoms with Crippen molar-refractivity contribution in [1.29, 1.82) is 0 Å². The molecule has 3 N–H and O–H groups in total. The van der Waals surface area contributed by atoms with Crippen LogP contribution in [-0.4, -0.2) is 27.3 Å². The third-order valence-electron chi connectivity index (χ3n) is 2.68. The van der Waals surface area contributed by atoms with E-state index in [0.717, 1.165) is 5.56 Å². The van der Waals surface area contributed by atoms with Crippen molar-refractivity contribution in [2.45, 2.75) is 13.5 Å². The van der Waals surface area contributed by atoms with Gasteiger partial charge in [0.05, 0.1) is 17.7 Å². The molecule has 0 heterocycles. The molecule has 0 aromatic heterocycles. The molecule has 5 heteroatoms. The predicted molar refractivity (Wildman–Crippen MR) is 77.5 cm³/mol. The first-order valence-corrected chi connectivity index (χ1v) is 6.17. The van der Waals surface area contributed by atoms with E-state index in [2.05, 4.69) is 0 Å². The van der Waals surface area contributed by atoms with E-state index in [1.807, 2.05) is 31.2 Å². The zero-order chi connectivity index (χ0) is 15.8. The molecular formula is C16H16O5. The second-order valence-corrected chi connectivity index (χ2v) is 4.33. The number of carbonyl (C=O) groups is 2. The molecule has 0 aliphatic rings. The van der Waals surface area contributed by atoms with E-state index in [1.54, 1.807) is 0 Å². The fourth-order valence-corrected chi connectivity index (χ4v) is 1.45. The Morgan fingerprint density at radius 1 is 0.810 bits per heavy atom. The van der Waals surface area contributed by atoms with Gasteiger partial charge >= 0.3 is 11.9 Å². The number of hydrogen-bond donors (Lipinski definition) is 3. The van der Waals surface area contributed by atoms with Crippen LogP contribution in [0.5, 0.6) is 0 Å². The minimum atomic E-state index is -1.06. The van der Waals surface area contributed by atoms with Gasteiger partial charge in [-0.15, -0.1) is 0 Å². The Hall–Kier alpha value is -2.66. The first-order chi connectivity index (χ1) is 9.93. The summed E-state index contributed by atoms with van der Waals surface area (Å²) in [5.74, 6) is -2.13. The van der Waals surface area contributed by atoms with E-state index < -0.39 is 11.9 Å². The van der Waals surface area contributed by atoms with Gasteiger partial charge in [0.25, 0.3) is 0 Å². The van der Waals surface area contributed by atoms with Crippen LogP contribution in [0.15, 0.2) is 48.5 Å². The molecule has 110 valence electrons. The van der Waals surface area contributed by atoms with Gasteiger partial charge in [0, 0.05) is 0 Å². The van der Waals surface area contributed by atoms with Crippen molar-refractivity contribution in [3.63, 3.8) is 0 Å². The highest BCUT2D eigenvalue weighted by Crippen LogP contribution is 2.04. The molecule has 0 amide bonds. The van der Waals surface area contributed by atoms with Crippen LogP contribution in [0.25, 0.3) is 0 Å². The minimum Gasteiger partial charge on any atom is -0.478 e. The van der Waals surface area contributed by atoms with E-state index >= 15 is 0 Å². The lowest BCUT2D eigenvalue weighted by molar-refractivity contribution is 0.0681. The molecule has 2 aromatic carbocycles. The van der Waals surface area contributed by atoms with Gasteiger partial charge in [-0.1, -0.05) is 29.8 Å². The van der Waals surface area contributed by atoms with Crippen LogP contribution in [0.3, 0.4) is 0 Å². The average Bonchev–Trinajstić information content (AvgIpc) is 2.49. The summed E-state index contributed by atoms with van der Waals surface area (Å²) in [6.45, 7) is 2.17. The molecular weight excluding hydrogens is 272 g/mol. The number of aryl methyl sites for hydroxylation is 1. The van der Waals surface area contributed by atoms with E-state index in [1.165, 1.54) is 29.8 Å². The third kappa shape index (κ3) is 5.46. The number of rotatable bonds is 3. The number of hydrogen-bond acceptors (Lipinski definition) is 3. The van der Waals surface area contributed by atoms with Gasteiger partial charge in [-0.2, -0.15) is 0 Å². The van der Waals surface area contributed by atoms with Crippen molar-refractivity contribution < 1.29 is 24.9 Å². The van der Waals surface area contributed by atoms with Crippen molar-refractivity contribution >= 4 is 11.9 Å². The first kappa shape index (κ1) is 16.4. The summed E-state index contributed by atoms with van der Waals surface area (Å²) in [5, 5.41) is 25.6. The summed E-state index contributed by atoms with van der Waals surface area (Å²) in [6, 6.07) is 12.9. The van der Waals surface area contributed by atoms with Crippen LogP contribution in [0, 0.1) is 6.92 Å². The fourth-order valence-electron chi connectivity index (χ4n) is 1.45. The summed E-state index contributed by atoms with van der Waals surface area (Å²) in [4.78, 5) is 20.7. The number of benzene rings is 2. The molecule has 2 aromatic rings. The molecule has 0 aliphatic heterocycles. The van der Waals surface area contributed by atoms with E-state index in [0.29, 0.717) is 0 Å². The normalized spacial score (nSPS) is 9.43. The van der Waals surface area contributed by atoms with Gasteiger partial charge in [-0.05, 0) is 36.8 Å². The van der Waals surface area contributed by atoms with E-state index in [4.69, 9.17) is 15.3 Å². The predicted octanol–water partition coefficient (Wildman–Crippen LogP) is 2.57. The summed E-state index contributed by atoms with van der Waals surface area (Å²) >= 11 is 0. The Bertz CT molecular complexity index is 567. The lowest BCUT2D eigenvalue weighted by atomic mass is 10.1. The van der Waals surface area contributed by atoms with Gasteiger partial charge < -0.3 is 15.3 Å². The van der Waals surface area contributed by atoms with Gasteiger partial charge in [-0.3, -0.25) is 0 Å². The molecule has 0 aliphatic carbocycles. The summed E-state index contributed by atoms with van der Waals surface area (Å²) in [6.07, 6.45) is 0. The summed E-state index contributed by atoms with van der Waals surface area (Å²) < 4.78 is 0. The second-order valence-electron chi connectivity index (χ2n) is 4.33. The maximum atomic E-state index is 10.3. The number of aromatic carboxylic acids is 2. The van der Waals surface area contributed by atoms with Crippen molar-refractivity contribution in [1.82, 2.24) is 0 Å². The Labute approximate surface area is 122 Å². The Morgan fingerprint density at radius 3 is 1.48 bits per heavy atom. The third-order valence-corrected chi connectivity index (χ3v) is 2.68. The Balaban J connectivity index is 0.000000219. The molecule has 0 bridgehead atoms. The SMILES string of the molecule is Cc1ccc(CO)cc1.O=C(O)c1ccc(C(=O)O)cc1. The average molecular weight is 288 g/mol. The van der Waals surface area contributed by atoms with Crippen molar-refractivity contribution in [3.05, 3.63) is 70.8 Å². The van der Waals surface area contributed by atoms with Crippen molar-refractivity contribution in [2.24, 2.45) is 0 Å². The van der Waals surface area contributed by atoms with Gasteiger partial charge in [0.15, 0.2) is 0 Å². The van der Waals surface area contributed by atoms with Gasteiger partial charge in [0.1, 0.15) is 0 Å². The molecule has 5 nitrogen and oxygen atoms in total. The molecule has 0 spiro atoms. The second kappa shape index (κ2) is 7.81. The molecule has 0 unspecified atom stereocenters. The monoisotopic (exact) mass is 288 g/mol. The number of aliphatic hydroxyl groups excluding tert-OH is 1. The molecule has 0 fully saturated rings. The maximum Gasteiger partial charge on any atom is 0.335 e. The van der Waals surface area contributed by atoms with Crippen LogP contribution >= 0.6 is 0 Å². The fraction of sp³-hybridized carbons (Fsp3) is 0.125. The van der Waals surface area contributed by atoms with Crippen LogP contribution in [0.4, 0.5) is 0 Å². The van der Waals surface area contributed by atoms with Crippen molar-refractivity contribution in [2.75, 3.05) is 0 Å². The standard InChI is InChI=1S/C8H6O4.C8H10O/c9-7(10)5-1-2-6(4-3-5)8(11)12;1-7-2-4-8(6-9)5-3-7/h1-4H,(H,9,10)(H,11,12);2-5,9H,6H2,1H3. The van der Waals surface area contributed by atoms with Gasteiger partial charge in [-0.25, -0.2) is 9.59 Å². The van der Waals surface area contributed by atoms with Gasteiger partial charge in [0.2, 0.25) is 0 Å². The van der Waals surface area contributed by atoms with Crippen LogP contribution < -0.4 is 0 Å². The lowest BCUT2D eigenvalue weighted by Gasteiger charge is -1.94. The Kier molecular flexibility index (Phi) is 6.10. The zero-order valence-electron chi connectivity index (χ0n) is 11.5. The summed E-state index contributed by atoms with van der Waals surface area (Å²) in [5.41, 5.74) is 2.37. The lowest BCUT2D eigenvalue weighted by Crippen LogP contribution is -1.99. The quantitative estimate of drug-likeness (QED) is 0.806. The topological polar surface area (TPSA) is 94.8 Å². The molecule has 0 saturated carbocycles. The maximum absolute atomic E-state index is 10.3. The largest absolute Gasteiger partial charge is 0.478 e. The molecule has 21 heavy (non-hydrogen) atoms. The van der Waals surface area contributed by atoms with Crippen LogP contribution in [0.2, 0.25) is 0 Å². The number of aliphatic hydroxyl groups is 1. The Morgan fingerprint density at radius 2 is 1.19 bits per heavy atom. The molecule has 0 radical (unpaired) electrons. The van der Waals surface area contributed by atoms with Crippen LogP contribution in [0.1, 0.15) is 31.8 Å². The molecule has 2 rings (SSSR count). The highest BCUT2D eigenvalue weighted by Gasteiger charge is 2.04. The minimum absolute atomic E-state index is 0.0833. The highest BCUT2D eigenvalue weighted by molar-refractivity contribution is 5.91. The van der Waals surface area contributed by atoms with E-state index in [-0.39, 0.29) is 17.7 Å². The zero-order valence-corrected chi connectivity index (χ0v) is 11.5.